The van der Waals surface area contributed by atoms with E-state index in [2.05, 4.69) is 26.8 Å². The molecule has 4 heterocycles. The van der Waals surface area contributed by atoms with Crippen LogP contribution in [0.15, 0.2) is 54.6 Å². The molecule has 4 aliphatic rings. The largest absolute Gasteiger partial charge is 0.497 e. The molecule has 4 saturated heterocycles. The van der Waals surface area contributed by atoms with E-state index in [4.69, 9.17) is 4.74 Å². The van der Waals surface area contributed by atoms with Crippen LogP contribution in [0.2, 0.25) is 0 Å². The molecule has 0 aliphatic carbocycles. The van der Waals surface area contributed by atoms with E-state index >= 15 is 0 Å². The van der Waals surface area contributed by atoms with E-state index in [-0.39, 0.29) is 17.9 Å². The van der Waals surface area contributed by atoms with E-state index in [1.54, 1.807) is 7.11 Å². The molecular formula is C33H44N4O3. The van der Waals surface area contributed by atoms with Crippen LogP contribution >= 0.6 is 0 Å². The van der Waals surface area contributed by atoms with Gasteiger partial charge in [0.1, 0.15) is 5.75 Å². The molecule has 7 heteroatoms. The van der Waals surface area contributed by atoms with Crippen LogP contribution in [0, 0.1) is 11.8 Å². The van der Waals surface area contributed by atoms with Crippen LogP contribution in [-0.2, 0) is 4.79 Å². The Morgan fingerprint density at radius 2 is 1.60 bits per heavy atom. The maximum Gasteiger partial charge on any atom is 0.254 e. The summed E-state index contributed by atoms with van der Waals surface area (Å²) in [5.41, 5.74) is 1.97. The Labute approximate surface area is 239 Å². The van der Waals surface area contributed by atoms with Gasteiger partial charge in [0.05, 0.1) is 7.11 Å². The zero-order valence-corrected chi connectivity index (χ0v) is 23.9. The number of likely N-dealkylation sites (tertiary alicyclic amines) is 1. The molecule has 2 amide bonds. The lowest BCUT2D eigenvalue weighted by Gasteiger charge is -2.57. The van der Waals surface area contributed by atoms with Crippen molar-refractivity contribution in [3.05, 3.63) is 60.2 Å². The Morgan fingerprint density at radius 1 is 0.875 bits per heavy atom. The highest BCUT2D eigenvalue weighted by Crippen LogP contribution is 2.43. The van der Waals surface area contributed by atoms with Gasteiger partial charge in [-0.05, 0) is 99.8 Å². The molecular weight excluding hydrogens is 500 g/mol. The molecule has 0 saturated carbocycles. The average molecular weight is 545 g/mol. The summed E-state index contributed by atoms with van der Waals surface area (Å²) in [6.07, 6.45) is 7.21. The molecule has 4 aliphatic heterocycles. The molecule has 7 nitrogen and oxygen atoms in total. The number of rotatable bonds is 7. The minimum atomic E-state index is 0.174. The maximum atomic E-state index is 13.8. The number of hydrogen-bond acceptors (Lipinski definition) is 5. The second-order valence-electron chi connectivity index (χ2n) is 12.1. The molecule has 4 atom stereocenters. The zero-order chi connectivity index (χ0) is 27.5. The minimum Gasteiger partial charge on any atom is -0.497 e. The smallest absolute Gasteiger partial charge is 0.254 e. The van der Waals surface area contributed by atoms with Crippen LogP contribution in [-0.4, -0.2) is 91.5 Å². The second-order valence-corrected chi connectivity index (χ2v) is 12.1. The predicted molar refractivity (Wildman–Crippen MR) is 158 cm³/mol. The molecule has 4 fully saturated rings. The lowest BCUT2D eigenvalue weighted by Crippen LogP contribution is -2.65. The molecule has 0 N–H and O–H groups in total. The molecule has 0 unspecified atom stereocenters. The van der Waals surface area contributed by atoms with Gasteiger partial charge in [0, 0.05) is 62.5 Å². The number of benzene rings is 2. The topological polar surface area (TPSA) is 56.3 Å². The van der Waals surface area contributed by atoms with Crippen molar-refractivity contribution in [2.75, 3.05) is 57.8 Å². The number of piperazine rings is 1. The quantitative estimate of drug-likeness (QED) is 0.513. The van der Waals surface area contributed by atoms with Crippen molar-refractivity contribution >= 4 is 17.5 Å². The van der Waals surface area contributed by atoms with E-state index in [0.717, 1.165) is 56.9 Å². The lowest BCUT2D eigenvalue weighted by molar-refractivity contribution is -0.131. The number of carbonyl (C=O) groups is 2. The van der Waals surface area contributed by atoms with E-state index < -0.39 is 0 Å². The molecule has 6 rings (SSSR count). The van der Waals surface area contributed by atoms with Gasteiger partial charge in [-0.25, -0.2) is 0 Å². The second kappa shape index (κ2) is 12.2. The van der Waals surface area contributed by atoms with E-state index in [9.17, 15) is 9.59 Å². The SMILES string of the molecule is COc1ccc(N2CCN(C(=O)CCC[C@@H]3[C@H]4CCCN5CCC[C@@H](CN3C(=O)c3ccccc3)[C@@H]45)CC2)cc1. The van der Waals surface area contributed by atoms with E-state index in [1.807, 2.05) is 47.4 Å². The van der Waals surface area contributed by atoms with Gasteiger partial charge < -0.3 is 19.4 Å². The van der Waals surface area contributed by atoms with E-state index in [0.29, 0.717) is 24.3 Å². The summed E-state index contributed by atoms with van der Waals surface area (Å²) in [6, 6.07) is 18.8. The standard InChI is InChI=1S/C33H44N4O3/c1-40-28-16-14-27(15-17-28)34-20-22-35(23-21-34)31(38)13-5-12-30-29-11-7-19-36-18-6-10-26(32(29)36)24-37(30)33(39)25-8-3-2-4-9-25/h2-4,8-9,14-17,26,29-30,32H,5-7,10-13,18-24H2,1H3/t26-,29+,30+,32-/m0/s1. The molecule has 214 valence electrons. The van der Waals surface area contributed by atoms with Gasteiger partial charge in [0.15, 0.2) is 0 Å². The van der Waals surface area contributed by atoms with Gasteiger partial charge in [0.25, 0.3) is 5.91 Å². The van der Waals surface area contributed by atoms with Crippen LogP contribution < -0.4 is 9.64 Å². The third-order valence-electron chi connectivity index (χ3n) is 9.91. The molecule has 2 aromatic carbocycles. The van der Waals surface area contributed by atoms with Crippen molar-refractivity contribution in [1.82, 2.24) is 14.7 Å². The number of ether oxygens (including phenoxy) is 1. The fraction of sp³-hybridized carbons (Fsp3) is 0.576. The summed E-state index contributed by atoms with van der Waals surface area (Å²) in [4.78, 5) is 36.4. The van der Waals surface area contributed by atoms with Crippen molar-refractivity contribution in [2.45, 2.75) is 57.0 Å². The molecule has 0 aromatic heterocycles. The van der Waals surface area contributed by atoms with Gasteiger partial charge >= 0.3 is 0 Å². The van der Waals surface area contributed by atoms with Crippen LogP contribution in [0.3, 0.4) is 0 Å². The number of piperidine rings is 3. The fourth-order valence-corrected chi connectivity index (χ4v) is 7.97. The first-order valence-electron chi connectivity index (χ1n) is 15.4. The number of carbonyl (C=O) groups excluding carboxylic acids is 2. The van der Waals surface area contributed by atoms with Gasteiger partial charge in [-0.3, -0.25) is 14.5 Å². The molecule has 0 bridgehead atoms. The number of amides is 2. The third-order valence-corrected chi connectivity index (χ3v) is 9.91. The Bertz CT molecular complexity index is 1150. The van der Waals surface area contributed by atoms with Gasteiger partial charge in [-0.15, -0.1) is 0 Å². The van der Waals surface area contributed by atoms with Crippen LogP contribution in [0.4, 0.5) is 5.69 Å². The predicted octanol–water partition coefficient (Wildman–Crippen LogP) is 4.53. The summed E-state index contributed by atoms with van der Waals surface area (Å²) < 4.78 is 5.28. The Kier molecular flexibility index (Phi) is 8.28. The third kappa shape index (κ3) is 5.58. The highest BCUT2D eigenvalue weighted by Gasteiger charge is 2.49. The first kappa shape index (κ1) is 27.1. The van der Waals surface area contributed by atoms with Gasteiger partial charge in [-0.1, -0.05) is 18.2 Å². The highest BCUT2D eigenvalue weighted by molar-refractivity contribution is 5.94. The minimum absolute atomic E-state index is 0.174. The van der Waals surface area contributed by atoms with Crippen molar-refractivity contribution in [1.29, 1.82) is 0 Å². The first-order valence-corrected chi connectivity index (χ1v) is 15.4. The lowest BCUT2D eigenvalue weighted by atomic mass is 9.69. The normalized spacial score (nSPS) is 26.8. The number of anilines is 1. The number of methoxy groups -OCH3 is 1. The van der Waals surface area contributed by atoms with E-state index in [1.165, 1.54) is 44.5 Å². The van der Waals surface area contributed by atoms with Crippen molar-refractivity contribution in [2.24, 2.45) is 11.8 Å². The molecule has 0 radical (unpaired) electrons. The van der Waals surface area contributed by atoms with Crippen LogP contribution in [0.25, 0.3) is 0 Å². The molecule has 0 spiro atoms. The van der Waals surface area contributed by atoms with Crippen molar-refractivity contribution in [3.8, 4) is 5.75 Å². The zero-order valence-electron chi connectivity index (χ0n) is 23.9. The van der Waals surface area contributed by atoms with Crippen LogP contribution in [0.1, 0.15) is 55.3 Å². The summed E-state index contributed by atoms with van der Waals surface area (Å²) in [5.74, 6) is 2.38. The highest BCUT2D eigenvalue weighted by atomic mass is 16.5. The van der Waals surface area contributed by atoms with Gasteiger partial charge in [0.2, 0.25) is 5.91 Å². The van der Waals surface area contributed by atoms with Crippen molar-refractivity contribution < 1.29 is 14.3 Å². The summed E-state index contributed by atoms with van der Waals surface area (Å²) in [7, 11) is 1.68. The Morgan fingerprint density at radius 3 is 2.33 bits per heavy atom. The summed E-state index contributed by atoms with van der Waals surface area (Å²) in [5, 5.41) is 0. The first-order chi connectivity index (χ1) is 19.6. The molecule has 40 heavy (non-hydrogen) atoms. The summed E-state index contributed by atoms with van der Waals surface area (Å²) >= 11 is 0. The maximum absolute atomic E-state index is 13.8. The van der Waals surface area contributed by atoms with Crippen molar-refractivity contribution in [3.63, 3.8) is 0 Å². The summed E-state index contributed by atoms with van der Waals surface area (Å²) in [6.45, 7) is 6.48. The Hall–Kier alpha value is -3.06. The average Bonchev–Trinajstić information content (AvgIpc) is 3.02. The monoisotopic (exact) mass is 544 g/mol. The Balaban J connectivity index is 1.08. The number of hydrogen-bond donors (Lipinski definition) is 0. The molecule has 2 aromatic rings. The number of nitrogens with zero attached hydrogens (tertiary/aromatic N) is 4. The van der Waals surface area contributed by atoms with Gasteiger partial charge in [-0.2, -0.15) is 0 Å². The fourth-order valence-electron chi connectivity index (χ4n) is 7.97. The van der Waals surface area contributed by atoms with Crippen LogP contribution in [0.5, 0.6) is 5.75 Å².